The van der Waals surface area contributed by atoms with Crippen molar-refractivity contribution in [2.24, 2.45) is 23.7 Å². The zero-order valence-electron chi connectivity index (χ0n) is 39.7. The first-order valence-electron chi connectivity index (χ1n) is 23.9. The summed E-state index contributed by atoms with van der Waals surface area (Å²) < 4.78 is 9.59. The summed E-state index contributed by atoms with van der Waals surface area (Å²) in [5.74, 6) is 1.94. The molecule has 2 bridgehead atoms. The predicted molar refractivity (Wildman–Crippen MR) is 257 cm³/mol. The SMILES string of the molecule is CC/C(=C1\C=C/C[C@H](C)C[C@H]2CC=C(C=C2c2ccc3nc([C@@H]4CCN4C(=O)C(NC(=O)OC)C(C)C)[nH]c3c2)CC1)c1ccc2nc([C@@H]3CCN3C(=O)C(NC(=O)OC)C(C)C)[nH]c2c1. The van der Waals surface area contributed by atoms with E-state index in [2.05, 4.69) is 95.2 Å². The number of carbonyl (C=O) groups is 4. The summed E-state index contributed by atoms with van der Waals surface area (Å²) in [5.41, 5.74) is 11.3. The van der Waals surface area contributed by atoms with Crippen LogP contribution in [0.2, 0.25) is 0 Å². The zero-order chi connectivity index (χ0) is 46.8. The standard InChI is InChI=1S/C52H66N8O6/c1-9-37(35-17-19-39-41(27-35)55-47(53-39)43-21-23-59(43)49(61)45(29(2)3)57-51(63)65-7)33-12-10-11-31(6)25-34-16-14-32(13-15-33)26-38(34)36-18-20-40-42(28-36)56-48(54-40)44-22-24-60(44)50(62)46(30(4)5)58-52(64)66-8/h10,12,14,17-20,26-31,34,43-46H,9,11,13,15-16,21-25H2,1-8H3,(H,53,55)(H,54,56)(H,57,63)(H,58,64)/b12-10-,37-33-/t31-,34+,43-,44-,45?,46?/m0/s1. The van der Waals surface area contributed by atoms with Crippen molar-refractivity contribution in [3.05, 3.63) is 94.6 Å². The van der Waals surface area contributed by atoms with E-state index in [1.165, 1.54) is 42.1 Å². The second kappa shape index (κ2) is 19.7. The molecular formula is C52H66N8O6. The molecule has 4 amide bonds. The highest BCUT2D eigenvalue weighted by Gasteiger charge is 2.41. The molecule has 4 aromatic rings. The van der Waals surface area contributed by atoms with Crippen LogP contribution in [-0.4, -0.2) is 93.1 Å². The molecular weight excluding hydrogens is 833 g/mol. The van der Waals surface area contributed by atoms with Crippen LogP contribution in [0.25, 0.3) is 33.2 Å². The van der Waals surface area contributed by atoms with Gasteiger partial charge in [0.2, 0.25) is 11.8 Å². The van der Waals surface area contributed by atoms with Crippen molar-refractivity contribution < 1.29 is 28.7 Å². The average Bonchev–Trinajstić information content (AvgIpc) is 3.88. The number of H-pyrrole nitrogens is 2. The first kappa shape index (κ1) is 46.4. The van der Waals surface area contributed by atoms with Crippen LogP contribution in [0.15, 0.2) is 71.8 Å². The van der Waals surface area contributed by atoms with E-state index in [9.17, 15) is 19.2 Å². The molecule has 2 unspecified atom stereocenters. The second-order valence-corrected chi connectivity index (χ2v) is 19.2. The number of aromatic amines is 2. The summed E-state index contributed by atoms with van der Waals surface area (Å²) in [6.07, 6.45) is 15.7. The van der Waals surface area contributed by atoms with E-state index in [1.807, 2.05) is 27.7 Å². The Morgan fingerprint density at radius 1 is 0.788 bits per heavy atom. The maximum absolute atomic E-state index is 13.6. The van der Waals surface area contributed by atoms with E-state index in [0.717, 1.165) is 90.6 Å². The quantitative estimate of drug-likeness (QED) is 0.115. The zero-order valence-corrected chi connectivity index (χ0v) is 39.7. The van der Waals surface area contributed by atoms with Crippen LogP contribution in [0.4, 0.5) is 9.59 Å². The van der Waals surface area contributed by atoms with Crippen LogP contribution in [0.3, 0.4) is 0 Å². The normalized spacial score (nSPS) is 23.2. The third-order valence-electron chi connectivity index (χ3n) is 14.1. The molecule has 5 aliphatic rings. The highest BCUT2D eigenvalue weighted by Crippen LogP contribution is 2.41. The molecule has 350 valence electrons. The molecule has 2 aromatic carbocycles. The summed E-state index contributed by atoms with van der Waals surface area (Å²) in [4.78, 5) is 72.0. The Morgan fingerprint density at radius 3 is 1.89 bits per heavy atom. The third-order valence-corrected chi connectivity index (χ3v) is 14.1. The summed E-state index contributed by atoms with van der Waals surface area (Å²) in [5, 5.41) is 5.44. The van der Waals surface area contributed by atoms with Gasteiger partial charge in [-0.15, -0.1) is 0 Å². The summed E-state index contributed by atoms with van der Waals surface area (Å²) in [6.45, 7) is 13.5. The number of amides is 4. The number of hydrogen-bond acceptors (Lipinski definition) is 8. The number of methoxy groups -OCH3 is 2. The van der Waals surface area contributed by atoms with Crippen molar-refractivity contribution in [1.29, 1.82) is 0 Å². The fourth-order valence-corrected chi connectivity index (χ4v) is 10.1. The van der Waals surface area contributed by atoms with Gasteiger partial charge in [-0.3, -0.25) is 9.59 Å². The van der Waals surface area contributed by atoms with E-state index in [4.69, 9.17) is 19.4 Å². The molecule has 0 spiro atoms. The first-order valence-corrected chi connectivity index (χ1v) is 23.9. The lowest BCUT2D eigenvalue weighted by atomic mass is 9.77. The molecule has 66 heavy (non-hydrogen) atoms. The molecule has 9 rings (SSSR count). The average molecular weight is 899 g/mol. The topological polar surface area (TPSA) is 175 Å². The van der Waals surface area contributed by atoms with Crippen molar-refractivity contribution in [3.63, 3.8) is 0 Å². The fourth-order valence-electron chi connectivity index (χ4n) is 10.1. The van der Waals surface area contributed by atoms with E-state index >= 15 is 0 Å². The Bertz CT molecular complexity index is 2620. The molecule has 14 heteroatoms. The van der Waals surface area contributed by atoms with Gasteiger partial charge in [0, 0.05) is 13.1 Å². The molecule has 2 aliphatic heterocycles. The van der Waals surface area contributed by atoms with Crippen molar-refractivity contribution in [2.45, 2.75) is 117 Å². The van der Waals surface area contributed by atoms with Crippen LogP contribution >= 0.6 is 0 Å². The second-order valence-electron chi connectivity index (χ2n) is 19.2. The summed E-state index contributed by atoms with van der Waals surface area (Å²) >= 11 is 0. The number of aromatic nitrogens is 4. The number of nitrogens with zero attached hydrogens (tertiary/aromatic N) is 4. The molecule has 0 saturated carbocycles. The number of nitrogens with one attached hydrogen (secondary N) is 4. The first-order chi connectivity index (χ1) is 31.8. The van der Waals surface area contributed by atoms with Crippen molar-refractivity contribution in [3.8, 4) is 0 Å². The van der Waals surface area contributed by atoms with Gasteiger partial charge in [0.05, 0.1) is 48.4 Å². The molecule has 3 aliphatic carbocycles. The smallest absolute Gasteiger partial charge is 0.407 e. The third kappa shape index (κ3) is 9.55. The highest BCUT2D eigenvalue weighted by atomic mass is 16.5. The maximum Gasteiger partial charge on any atom is 0.407 e. The monoisotopic (exact) mass is 899 g/mol. The minimum atomic E-state index is -0.682. The Hall–Kier alpha value is -6.18. The van der Waals surface area contributed by atoms with Gasteiger partial charge in [-0.2, -0.15) is 0 Å². The van der Waals surface area contributed by atoms with Crippen molar-refractivity contribution >= 4 is 57.2 Å². The molecule has 6 atom stereocenters. The maximum atomic E-state index is 13.6. The van der Waals surface area contributed by atoms with Crippen LogP contribution < -0.4 is 10.6 Å². The predicted octanol–water partition coefficient (Wildman–Crippen LogP) is 9.71. The van der Waals surface area contributed by atoms with E-state index in [0.29, 0.717) is 24.9 Å². The molecule has 2 fully saturated rings. The summed E-state index contributed by atoms with van der Waals surface area (Å²) in [7, 11) is 2.61. The number of alkyl carbamates (subject to hydrolysis) is 2. The highest BCUT2D eigenvalue weighted by molar-refractivity contribution is 5.89. The number of rotatable bonds is 11. The number of allylic oxidation sites excluding steroid dienone is 8. The largest absolute Gasteiger partial charge is 0.453 e. The number of fused-ring (bicyclic) bond motifs is 9. The Kier molecular flexibility index (Phi) is 13.9. The van der Waals surface area contributed by atoms with Crippen LogP contribution in [0, 0.1) is 23.7 Å². The molecule has 2 saturated heterocycles. The Labute approximate surface area is 387 Å². The van der Waals surface area contributed by atoms with Crippen LogP contribution in [-0.2, 0) is 19.1 Å². The number of imidazole rings is 2. The van der Waals surface area contributed by atoms with Gasteiger partial charge >= 0.3 is 12.2 Å². The van der Waals surface area contributed by atoms with Crippen molar-refractivity contribution in [2.75, 3.05) is 27.3 Å². The van der Waals surface area contributed by atoms with Crippen LogP contribution in [0.1, 0.15) is 128 Å². The molecule has 4 N–H and O–H groups in total. The van der Waals surface area contributed by atoms with Gasteiger partial charge in [-0.05, 0) is 127 Å². The Morgan fingerprint density at radius 2 is 1.36 bits per heavy atom. The minimum Gasteiger partial charge on any atom is -0.453 e. The lowest BCUT2D eigenvalue weighted by Gasteiger charge is -2.42. The molecule has 4 heterocycles. The Balaban J connectivity index is 1.01. The fraction of sp³-hybridized carbons (Fsp3) is 0.500. The van der Waals surface area contributed by atoms with Crippen molar-refractivity contribution in [1.82, 2.24) is 40.4 Å². The lowest BCUT2D eigenvalue weighted by molar-refractivity contribution is -0.143. The molecule has 14 nitrogen and oxygen atoms in total. The van der Waals surface area contributed by atoms with E-state index in [-0.39, 0.29) is 35.7 Å². The van der Waals surface area contributed by atoms with E-state index < -0.39 is 24.3 Å². The minimum absolute atomic E-state index is 0.0994. The number of ether oxygens (including phenoxy) is 2. The van der Waals surface area contributed by atoms with Gasteiger partial charge in [0.25, 0.3) is 0 Å². The molecule has 0 radical (unpaired) electrons. The number of benzene rings is 2. The lowest BCUT2D eigenvalue weighted by Crippen LogP contribution is -2.56. The van der Waals surface area contributed by atoms with Gasteiger partial charge in [-0.25, -0.2) is 19.6 Å². The summed E-state index contributed by atoms with van der Waals surface area (Å²) in [6, 6.07) is 11.3. The van der Waals surface area contributed by atoms with Gasteiger partial charge in [0.1, 0.15) is 23.7 Å². The van der Waals surface area contributed by atoms with Gasteiger partial charge in [-0.1, -0.05) is 83.6 Å². The number of carbonyl (C=O) groups excluding carboxylic acids is 4. The number of hydrogen-bond donors (Lipinski definition) is 4. The van der Waals surface area contributed by atoms with Gasteiger partial charge < -0.3 is 39.9 Å². The van der Waals surface area contributed by atoms with Crippen LogP contribution in [0.5, 0.6) is 0 Å². The van der Waals surface area contributed by atoms with E-state index in [1.54, 1.807) is 9.80 Å². The van der Waals surface area contributed by atoms with Gasteiger partial charge in [0.15, 0.2) is 0 Å². The molecule has 2 aromatic heterocycles. The number of likely N-dealkylation sites (tertiary alicyclic amines) is 2.